The highest BCUT2D eigenvalue weighted by Gasteiger charge is 2.43. The van der Waals surface area contributed by atoms with Gasteiger partial charge in [-0.05, 0) is 38.5 Å². The second-order valence-electron chi connectivity index (χ2n) is 8.43. The van der Waals surface area contributed by atoms with Crippen molar-refractivity contribution in [2.24, 2.45) is 5.92 Å². The molecule has 0 amide bonds. The van der Waals surface area contributed by atoms with Crippen molar-refractivity contribution in [3.05, 3.63) is 35.9 Å². The molecule has 0 N–H and O–H groups in total. The summed E-state index contributed by atoms with van der Waals surface area (Å²) >= 11 is 0. The summed E-state index contributed by atoms with van der Waals surface area (Å²) < 4.78 is 15.7. The number of aryl methyl sites for hydroxylation is 1. The quantitative estimate of drug-likeness (QED) is 0.362. The zero-order valence-corrected chi connectivity index (χ0v) is 19.7. The SMILES string of the molecule is CCC.CCCC1CCC2OC2C1.CCCCOCC1CO1.Cc1ccccc1. The minimum absolute atomic E-state index is 0.432. The molecule has 1 aromatic rings. The van der Waals surface area contributed by atoms with Crippen molar-refractivity contribution < 1.29 is 14.2 Å². The second kappa shape index (κ2) is 16.8. The van der Waals surface area contributed by atoms with Gasteiger partial charge in [0, 0.05) is 6.61 Å². The third-order valence-corrected chi connectivity index (χ3v) is 5.10. The zero-order chi connectivity index (χ0) is 21.3. The Morgan fingerprint density at radius 1 is 0.966 bits per heavy atom. The summed E-state index contributed by atoms with van der Waals surface area (Å²) in [5.41, 5.74) is 1.32. The number of rotatable bonds is 7. The van der Waals surface area contributed by atoms with Gasteiger partial charge in [-0.15, -0.1) is 0 Å². The number of benzene rings is 1. The molecule has 3 aliphatic rings. The summed E-state index contributed by atoms with van der Waals surface area (Å²) in [6, 6.07) is 10.3. The predicted octanol–water partition coefficient (Wildman–Crippen LogP) is 6.97. The lowest BCUT2D eigenvalue weighted by atomic mass is 9.86. The molecule has 29 heavy (non-hydrogen) atoms. The summed E-state index contributed by atoms with van der Waals surface area (Å²) in [6.07, 6.45) is 12.3. The lowest BCUT2D eigenvalue weighted by Gasteiger charge is -2.17. The Kier molecular flexibility index (Phi) is 15.2. The standard InChI is InChI=1S/C9H16O.C7H14O2.C7H8.C3H8/c1-2-3-7-4-5-8-9(6-7)10-8;1-2-3-4-8-5-7-6-9-7;1-7-5-3-2-4-6-7;1-3-2/h7-9H,2-6H2,1H3;7H,2-6H2,1H3;2-6H,1H3;3H2,1-2H3. The maximum absolute atomic E-state index is 5.45. The van der Waals surface area contributed by atoms with Crippen LogP contribution in [0.2, 0.25) is 0 Å². The molecular formula is C26H46O3. The molecule has 0 aromatic heterocycles. The lowest BCUT2D eigenvalue weighted by molar-refractivity contribution is 0.114. The van der Waals surface area contributed by atoms with E-state index in [1.165, 1.54) is 56.9 Å². The first-order valence-electron chi connectivity index (χ1n) is 12.0. The molecule has 2 aliphatic heterocycles. The average molecular weight is 407 g/mol. The van der Waals surface area contributed by atoms with E-state index >= 15 is 0 Å². The molecule has 3 heteroatoms. The molecule has 2 saturated heterocycles. The summed E-state index contributed by atoms with van der Waals surface area (Å²) in [7, 11) is 0. The summed E-state index contributed by atoms with van der Waals surface area (Å²) in [5.74, 6) is 0.994. The van der Waals surface area contributed by atoms with Crippen molar-refractivity contribution in [2.45, 2.75) is 104 Å². The number of epoxide rings is 2. The van der Waals surface area contributed by atoms with Crippen LogP contribution in [0, 0.1) is 12.8 Å². The fourth-order valence-corrected chi connectivity index (χ4v) is 3.32. The normalized spacial score (nSPS) is 25.7. The Morgan fingerprint density at radius 2 is 1.66 bits per heavy atom. The Bertz CT molecular complexity index is 472. The van der Waals surface area contributed by atoms with Crippen molar-refractivity contribution in [2.75, 3.05) is 19.8 Å². The van der Waals surface area contributed by atoms with E-state index in [-0.39, 0.29) is 0 Å². The van der Waals surface area contributed by atoms with Gasteiger partial charge in [-0.25, -0.2) is 0 Å². The van der Waals surface area contributed by atoms with Crippen molar-refractivity contribution >= 4 is 0 Å². The predicted molar refractivity (Wildman–Crippen MR) is 124 cm³/mol. The highest BCUT2D eigenvalue weighted by molar-refractivity contribution is 5.11. The maximum atomic E-state index is 5.45. The third kappa shape index (κ3) is 14.7. The second-order valence-corrected chi connectivity index (χ2v) is 8.43. The molecule has 0 radical (unpaired) electrons. The number of ether oxygens (including phenoxy) is 3. The first kappa shape index (κ1) is 26.1. The van der Waals surface area contributed by atoms with E-state index in [2.05, 4.69) is 46.8 Å². The molecule has 168 valence electrons. The number of fused-ring (bicyclic) bond motifs is 1. The van der Waals surface area contributed by atoms with Crippen molar-refractivity contribution in [1.29, 1.82) is 0 Å². The molecule has 4 rings (SSSR count). The Labute approximate surface area is 180 Å². The maximum Gasteiger partial charge on any atom is 0.104 e. The van der Waals surface area contributed by atoms with Crippen LogP contribution in [0.15, 0.2) is 30.3 Å². The van der Waals surface area contributed by atoms with Crippen LogP contribution < -0.4 is 0 Å². The van der Waals surface area contributed by atoms with Crippen molar-refractivity contribution in [1.82, 2.24) is 0 Å². The van der Waals surface area contributed by atoms with Gasteiger partial charge in [0.2, 0.25) is 0 Å². The summed E-state index contributed by atoms with van der Waals surface area (Å²) in [6.45, 7) is 13.4. The van der Waals surface area contributed by atoms with Gasteiger partial charge >= 0.3 is 0 Å². The van der Waals surface area contributed by atoms with Gasteiger partial charge < -0.3 is 14.2 Å². The molecular weight excluding hydrogens is 360 g/mol. The van der Waals surface area contributed by atoms with Gasteiger partial charge in [-0.3, -0.25) is 0 Å². The smallest absolute Gasteiger partial charge is 0.104 e. The van der Waals surface area contributed by atoms with Gasteiger partial charge in [-0.2, -0.15) is 0 Å². The highest BCUT2D eigenvalue weighted by atomic mass is 16.6. The number of hydrogen-bond donors (Lipinski definition) is 0. The average Bonchev–Trinajstić information content (AvgIpc) is 3.63. The van der Waals surface area contributed by atoms with E-state index in [9.17, 15) is 0 Å². The largest absolute Gasteiger partial charge is 0.379 e. The Morgan fingerprint density at radius 3 is 2.14 bits per heavy atom. The van der Waals surface area contributed by atoms with Gasteiger partial charge in [-0.1, -0.05) is 89.3 Å². The minimum atomic E-state index is 0.432. The van der Waals surface area contributed by atoms with Gasteiger partial charge in [0.1, 0.15) is 6.10 Å². The van der Waals surface area contributed by atoms with Gasteiger partial charge in [0.15, 0.2) is 0 Å². The van der Waals surface area contributed by atoms with E-state index in [0.717, 1.165) is 25.7 Å². The van der Waals surface area contributed by atoms with Crippen LogP contribution in [0.25, 0.3) is 0 Å². The fraction of sp³-hybridized carbons (Fsp3) is 0.769. The minimum Gasteiger partial charge on any atom is -0.379 e. The number of unbranched alkanes of at least 4 members (excludes halogenated alkanes) is 1. The number of hydrogen-bond acceptors (Lipinski definition) is 3. The van der Waals surface area contributed by atoms with Gasteiger partial charge in [0.05, 0.1) is 25.4 Å². The summed E-state index contributed by atoms with van der Waals surface area (Å²) in [4.78, 5) is 0. The highest BCUT2D eigenvalue weighted by Crippen LogP contribution is 2.40. The van der Waals surface area contributed by atoms with Crippen molar-refractivity contribution in [3.63, 3.8) is 0 Å². The van der Waals surface area contributed by atoms with Crippen LogP contribution in [0.3, 0.4) is 0 Å². The van der Waals surface area contributed by atoms with Crippen LogP contribution in [0.4, 0.5) is 0 Å². The molecule has 4 atom stereocenters. The first-order chi connectivity index (χ1) is 14.1. The monoisotopic (exact) mass is 406 g/mol. The molecule has 4 unspecified atom stereocenters. The third-order valence-electron chi connectivity index (χ3n) is 5.10. The topological polar surface area (TPSA) is 34.3 Å². The molecule has 0 spiro atoms. The molecule has 1 saturated carbocycles. The van der Waals surface area contributed by atoms with Gasteiger partial charge in [0.25, 0.3) is 0 Å². The van der Waals surface area contributed by atoms with Crippen LogP contribution in [0.1, 0.15) is 84.6 Å². The van der Waals surface area contributed by atoms with Crippen molar-refractivity contribution in [3.8, 4) is 0 Å². The molecule has 2 heterocycles. The van der Waals surface area contributed by atoms with E-state index in [1.807, 2.05) is 18.2 Å². The summed E-state index contributed by atoms with van der Waals surface area (Å²) in [5, 5.41) is 0. The van der Waals surface area contributed by atoms with Crippen LogP contribution in [-0.4, -0.2) is 38.1 Å². The van der Waals surface area contributed by atoms with E-state index in [4.69, 9.17) is 14.2 Å². The van der Waals surface area contributed by atoms with E-state index in [0.29, 0.717) is 18.3 Å². The molecule has 1 aliphatic carbocycles. The molecule has 0 bridgehead atoms. The lowest BCUT2D eigenvalue weighted by Crippen LogP contribution is -2.12. The Hall–Kier alpha value is -0.900. The zero-order valence-electron chi connectivity index (χ0n) is 19.7. The van der Waals surface area contributed by atoms with E-state index < -0.39 is 0 Å². The van der Waals surface area contributed by atoms with Crippen LogP contribution >= 0.6 is 0 Å². The van der Waals surface area contributed by atoms with E-state index in [1.54, 1.807) is 0 Å². The van der Waals surface area contributed by atoms with Crippen LogP contribution in [-0.2, 0) is 14.2 Å². The first-order valence-corrected chi connectivity index (χ1v) is 12.0. The molecule has 3 fully saturated rings. The Balaban J connectivity index is 0.000000206. The molecule has 3 nitrogen and oxygen atoms in total. The fourth-order valence-electron chi connectivity index (χ4n) is 3.32. The molecule has 1 aromatic carbocycles. The van der Waals surface area contributed by atoms with Crippen LogP contribution in [0.5, 0.6) is 0 Å².